The van der Waals surface area contributed by atoms with E-state index in [0.29, 0.717) is 5.41 Å². The van der Waals surface area contributed by atoms with Crippen molar-refractivity contribution in [3.63, 3.8) is 0 Å². The highest BCUT2D eigenvalue weighted by atomic mass is 14.4. The zero-order valence-electron chi connectivity index (χ0n) is 6.93. The third-order valence-corrected chi connectivity index (χ3v) is 3.32. The van der Waals surface area contributed by atoms with E-state index in [1.807, 2.05) is 0 Å². The van der Waals surface area contributed by atoms with Crippen LogP contribution in [0.25, 0.3) is 0 Å². The number of fused-ring (bicyclic) bond motifs is 2. The molecule has 0 spiro atoms. The molecule has 56 valence electrons. The largest absolute Gasteiger partial charge is 0.0849 e. The van der Waals surface area contributed by atoms with E-state index in [9.17, 15) is 0 Å². The van der Waals surface area contributed by atoms with Crippen molar-refractivity contribution in [2.75, 3.05) is 0 Å². The monoisotopic (exact) mass is 136 g/mol. The second-order valence-corrected chi connectivity index (χ2v) is 4.45. The Morgan fingerprint density at radius 2 is 2.10 bits per heavy atom. The molecular weight excluding hydrogens is 120 g/mol. The van der Waals surface area contributed by atoms with Crippen LogP contribution in [0.15, 0.2) is 12.2 Å². The van der Waals surface area contributed by atoms with Crippen LogP contribution in [0, 0.1) is 17.3 Å². The molecule has 0 aromatic heterocycles. The van der Waals surface area contributed by atoms with Crippen molar-refractivity contribution >= 4 is 0 Å². The fourth-order valence-corrected chi connectivity index (χ4v) is 2.39. The van der Waals surface area contributed by atoms with Crippen LogP contribution >= 0.6 is 0 Å². The van der Waals surface area contributed by atoms with Crippen LogP contribution in [0.1, 0.15) is 33.1 Å². The Hall–Kier alpha value is -0.260. The first-order chi connectivity index (χ1) is 4.68. The van der Waals surface area contributed by atoms with Gasteiger partial charge in [-0.2, -0.15) is 0 Å². The highest BCUT2D eigenvalue weighted by Gasteiger charge is 2.36. The molecule has 2 aliphatic carbocycles. The molecule has 2 bridgehead atoms. The highest BCUT2D eigenvalue weighted by molar-refractivity contribution is 5.09. The standard InChI is InChI=1S/C10H16/c1-10(2)6-5-8-3-4-9(10)7-8/h5-6,8-9H,3-4,7H2,1-2H3. The Bertz CT molecular complexity index is 165. The predicted octanol–water partition coefficient (Wildman–Crippen LogP) is 3.00. The lowest BCUT2D eigenvalue weighted by Crippen LogP contribution is -2.21. The molecule has 10 heavy (non-hydrogen) atoms. The van der Waals surface area contributed by atoms with E-state index < -0.39 is 0 Å². The van der Waals surface area contributed by atoms with Crippen molar-refractivity contribution in [3.8, 4) is 0 Å². The van der Waals surface area contributed by atoms with Gasteiger partial charge < -0.3 is 0 Å². The van der Waals surface area contributed by atoms with E-state index in [-0.39, 0.29) is 0 Å². The lowest BCUT2D eigenvalue weighted by atomic mass is 9.74. The molecule has 0 N–H and O–H groups in total. The summed E-state index contributed by atoms with van der Waals surface area (Å²) < 4.78 is 0. The Morgan fingerprint density at radius 1 is 1.30 bits per heavy atom. The molecule has 0 aromatic carbocycles. The summed E-state index contributed by atoms with van der Waals surface area (Å²) in [5.74, 6) is 1.93. The molecule has 1 saturated carbocycles. The lowest BCUT2D eigenvalue weighted by molar-refractivity contribution is 0.273. The maximum atomic E-state index is 2.43. The quantitative estimate of drug-likeness (QED) is 0.449. The molecule has 0 heteroatoms. The Balaban J connectivity index is 2.27. The van der Waals surface area contributed by atoms with Gasteiger partial charge in [-0.3, -0.25) is 0 Å². The van der Waals surface area contributed by atoms with Gasteiger partial charge in [-0.15, -0.1) is 0 Å². The first-order valence-corrected chi connectivity index (χ1v) is 4.38. The predicted molar refractivity (Wildman–Crippen MR) is 43.8 cm³/mol. The van der Waals surface area contributed by atoms with Gasteiger partial charge in [-0.1, -0.05) is 26.0 Å². The summed E-state index contributed by atoms with van der Waals surface area (Å²) in [5, 5.41) is 0. The summed E-state index contributed by atoms with van der Waals surface area (Å²) in [7, 11) is 0. The zero-order chi connectivity index (χ0) is 7.19. The summed E-state index contributed by atoms with van der Waals surface area (Å²) in [4.78, 5) is 0. The topological polar surface area (TPSA) is 0 Å². The molecule has 2 rings (SSSR count). The maximum absolute atomic E-state index is 2.43. The first-order valence-electron chi connectivity index (χ1n) is 4.38. The van der Waals surface area contributed by atoms with E-state index in [1.165, 1.54) is 19.3 Å². The normalized spacial score (nSPS) is 42.2. The molecule has 0 aliphatic heterocycles. The van der Waals surface area contributed by atoms with E-state index in [1.54, 1.807) is 0 Å². The fraction of sp³-hybridized carbons (Fsp3) is 0.800. The van der Waals surface area contributed by atoms with Gasteiger partial charge >= 0.3 is 0 Å². The number of allylic oxidation sites excluding steroid dienone is 2. The van der Waals surface area contributed by atoms with Crippen molar-refractivity contribution in [1.82, 2.24) is 0 Å². The van der Waals surface area contributed by atoms with Crippen LogP contribution in [-0.2, 0) is 0 Å². The van der Waals surface area contributed by atoms with Crippen LogP contribution in [-0.4, -0.2) is 0 Å². The molecule has 0 amide bonds. The van der Waals surface area contributed by atoms with Gasteiger partial charge in [0, 0.05) is 0 Å². The molecule has 0 aromatic rings. The van der Waals surface area contributed by atoms with Crippen LogP contribution in [0.2, 0.25) is 0 Å². The van der Waals surface area contributed by atoms with Gasteiger partial charge in [0.2, 0.25) is 0 Å². The van der Waals surface area contributed by atoms with Crippen LogP contribution in [0.5, 0.6) is 0 Å². The van der Waals surface area contributed by atoms with Gasteiger partial charge in [0.1, 0.15) is 0 Å². The highest BCUT2D eigenvalue weighted by Crippen LogP contribution is 2.47. The Labute approximate surface area is 63.3 Å². The molecule has 0 radical (unpaired) electrons. The molecular formula is C10H16. The first kappa shape index (κ1) is 6.45. The number of hydrogen-bond acceptors (Lipinski definition) is 0. The summed E-state index contributed by atoms with van der Waals surface area (Å²) >= 11 is 0. The van der Waals surface area contributed by atoms with Crippen molar-refractivity contribution < 1.29 is 0 Å². The smallest absolute Gasteiger partial charge is 0.0146 e. The fourth-order valence-electron chi connectivity index (χ4n) is 2.39. The molecule has 2 atom stereocenters. The molecule has 0 nitrogen and oxygen atoms in total. The van der Waals surface area contributed by atoms with Crippen molar-refractivity contribution in [1.29, 1.82) is 0 Å². The second kappa shape index (κ2) is 1.87. The SMILES string of the molecule is CC1(C)C=CC2CCC1C2. The summed E-state index contributed by atoms with van der Waals surface area (Å²) in [6.45, 7) is 4.74. The van der Waals surface area contributed by atoms with Gasteiger partial charge in [-0.05, 0) is 36.5 Å². The minimum Gasteiger partial charge on any atom is -0.0849 e. The van der Waals surface area contributed by atoms with Crippen LogP contribution in [0.3, 0.4) is 0 Å². The van der Waals surface area contributed by atoms with E-state index in [4.69, 9.17) is 0 Å². The van der Waals surface area contributed by atoms with Crippen molar-refractivity contribution in [3.05, 3.63) is 12.2 Å². The van der Waals surface area contributed by atoms with Gasteiger partial charge in [-0.25, -0.2) is 0 Å². The maximum Gasteiger partial charge on any atom is -0.0146 e. The molecule has 2 aliphatic rings. The summed E-state index contributed by atoms with van der Waals surface area (Å²) in [5.41, 5.74) is 0.507. The third kappa shape index (κ3) is 0.817. The minimum absolute atomic E-state index is 0.507. The van der Waals surface area contributed by atoms with Crippen LogP contribution in [0.4, 0.5) is 0 Å². The summed E-state index contributed by atoms with van der Waals surface area (Å²) in [6.07, 6.45) is 9.24. The lowest BCUT2D eigenvalue weighted by Gasteiger charge is -2.31. The van der Waals surface area contributed by atoms with Crippen molar-refractivity contribution in [2.24, 2.45) is 17.3 Å². The van der Waals surface area contributed by atoms with Gasteiger partial charge in [0.25, 0.3) is 0 Å². The van der Waals surface area contributed by atoms with Gasteiger partial charge in [0.15, 0.2) is 0 Å². The van der Waals surface area contributed by atoms with E-state index in [0.717, 1.165) is 11.8 Å². The van der Waals surface area contributed by atoms with Gasteiger partial charge in [0.05, 0.1) is 0 Å². The zero-order valence-corrected chi connectivity index (χ0v) is 6.93. The van der Waals surface area contributed by atoms with E-state index >= 15 is 0 Å². The second-order valence-electron chi connectivity index (χ2n) is 4.45. The molecule has 0 saturated heterocycles. The van der Waals surface area contributed by atoms with E-state index in [2.05, 4.69) is 26.0 Å². The Kier molecular flexibility index (Phi) is 1.21. The van der Waals surface area contributed by atoms with Crippen LogP contribution < -0.4 is 0 Å². The third-order valence-electron chi connectivity index (χ3n) is 3.32. The van der Waals surface area contributed by atoms with Crippen molar-refractivity contribution in [2.45, 2.75) is 33.1 Å². The average molecular weight is 136 g/mol. The number of hydrogen-bond donors (Lipinski definition) is 0. The number of rotatable bonds is 0. The Morgan fingerprint density at radius 3 is 2.80 bits per heavy atom. The molecule has 2 unspecified atom stereocenters. The molecule has 0 heterocycles. The summed E-state index contributed by atoms with van der Waals surface area (Å²) in [6, 6.07) is 0. The molecule has 1 fully saturated rings. The average Bonchev–Trinajstić information content (AvgIpc) is 2.26. The minimum atomic E-state index is 0.507.